The van der Waals surface area contributed by atoms with E-state index in [0.717, 1.165) is 11.8 Å². The molecule has 0 radical (unpaired) electrons. The Kier molecular flexibility index (Phi) is 1.53. The Labute approximate surface area is 62.5 Å². The highest BCUT2D eigenvalue weighted by Crippen LogP contribution is 2.29. The molecule has 0 saturated carbocycles. The highest BCUT2D eigenvalue weighted by atomic mass is 14.9. The van der Waals surface area contributed by atoms with Crippen molar-refractivity contribution in [2.24, 2.45) is 11.8 Å². The molecule has 3 atom stereocenters. The SMILES string of the molecule is CCC1CC2C=CC1NC2. The lowest BCUT2D eigenvalue weighted by atomic mass is 9.78. The Morgan fingerprint density at radius 1 is 1.50 bits per heavy atom. The summed E-state index contributed by atoms with van der Waals surface area (Å²) in [4.78, 5) is 0. The molecule has 2 aliphatic heterocycles. The zero-order chi connectivity index (χ0) is 6.97. The van der Waals surface area contributed by atoms with Crippen molar-refractivity contribution in [3.63, 3.8) is 0 Å². The van der Waals surface area contributed by atoms with E-state index in [1.165, 1.54) is 19.4 Å². The molecule has 56 valence electrons. The summed E-state index contributed by atoms with van der Waals surface area (Å²) in [6.45, 7) is 3.51. The minimum absolute atomic E-state index is 0.704. The molecule has 1 fully saturated rings. The van der Waals surface area contributed by atoms with E-state index in [1.54, 1.807) is 0 Å². The fourth-order valence-electron chi connectivity index (χ4n) is 2.14. The monoisotopic (exact) mass is 137 g/mol. The lowest BCUT2D eigenvalue weighted by molar-refractivity contribution is 0.250. The van der Waals surface area contributed by atoms with E-state index in [2.05, 4.69) is 24.4 Å². The molecule has 0 aromatic carbocycles. The van der Waals surface area contributed by atoms with Crippen molar-refractivity contribution in [3.05, 3.63) is 12.2 Å². The van der Waals surface area contributed by atoms with Gasteiger partial charge in [0.2, 0.25) is 0 Å². The van der Waals surface area contributed by atoms with Crippen molar-refractivity contribution in [1.29, 1.82) is 0 Å². The van der Waals surface area contributed by atoms with Gasteiger partial charge in [0.15, 0.2) is 0 Å². The van der Waals surface area contributed by atoms with E-state index in [0.29, 0.717) is 6.04 Å². The summed E-state index contributed by atoms with van der Waals surface area (Å²) in [6.07, 6.45) is 7.49. The van der Waals surface area contributed by atoms with Crippen molar-refractivity contribution in [2.45, 2.75) is 25.8 Å². The van der Waals surface area contributed by atoms with Gasteiger partial charge in [-0.05, 0) is 18.3 Å². The van der Waals surface area contributed by atoms with Gasteiger partial charge in [0, 0.05) is 12.6 Å². The average molecular weight is 137 g/mol. The normalized spacial score (nSPS) is 44.3. The van der Waals surface area contributed by atoms with Crippen molar-refractivity contribution in [3.8, 4) is 0 Å². The Balaban J connectivity index is 2.11. The molecule has 0 aromatic rings. The summed E-state index contributed by atoms with van der Waals surface area (Å²) in [5, 5.41) is 3.53. The van der Waals surface area contributed by atoms with Crippen LogP contribution in [0.15, 0.2) is 12.2 Å². The molecular weight excluding hydrogens is 122 g/mol. The summed E-state index contributed by atoms with van der Waals surface area (Å²) in [5.74, 6) is 1.76. The first-order chi connectivity index (χ1) is 4.90. The van der Waals surface area contributed by atoms with Crippen LogP contribution in [0.4, 0.5) is 0 Å². The molecule has 3 aliphatic rings. The quantitative estimate of drug-likeness (QED) is 0.541. The van der Waals surface area contributed by atoms with E-state index in [1.807, 2.05) is 0 Å². The summed E-state index contributed by atoms with van der Waals surface area (Å²) in [6, 6.07) is 0.704. The van der Waals surface area contributed by atoms with Crippen molar-refractivity contribution in [2.75, 3.05) is 6.54 Å². The van der Waals surface area contributed by atoms with Crippen molar-refractivity contribution >= 4 is 0 Å². The highest BCUT2D eigenvalue weighted by Gasteiger charge is 2.29. The zero-order valence-corrected chi connectivity index (χ0v) is 6.51. The molecule has 1 heteroatoms. The van der Waals surface area contributed by atoms with E-state index in [4.69, 9.17) is 0 Å². The standard InChI is InChI=1S/C9H15N/c1-2-8-5-7-3-4-9(8)10-6-7/h3-4,7-10H,2,5-6H2,1H3. The van der Waals surface area contributed by atoms with Gasteiger partial charge < -0.3 is 5.32 Å². The molecule has 10 heavy (non-hydrogen) atoms. The molecule has 1 nitrogen and oxygen atoms in total. The van der Waals surface area contributed by atoms with Gasteiger partial charge in [-0.25, -0.2) is 0 Å². The smallest absolute Gasteiger partial charge is 0.0278 e. The number of rotatable bonds is 1. The maximum atomic E-state index is 3.53. The summed E-state index contributed by atoms with van der Waals surface area (Å²) >= 11 is 0. The van der Waals surface area contributed by atoms with Gasteiger partial charge in [-0.2, -0.15) is 0 Å². The Bertz CT molecular complexity index is 151. The third kappa shape index (κ3) is 0.891. The van der Waals surface area contributed by atoms with Crippen LogP contribution < -0.4 is 5.32 Å². The largest absolute Gasteiger partial charge is 0.310 e. The van der Waals surface area contributed by atoms with Crippen LogP contribution in [-0.2, 0) is 0 Å². The van der Waals surface area contributed by atoms with Crippen LogP contribution in [0.25, 0.3) is 0 Å². The van der Waals surface area contributed by atoms with Gasteiger partial charge in [0.25, 0.3) is 0 Å². The van der Waals surface area contributed by atoms with Crippen LogP contribution >= 0.6 is 0 Å². The van der Waals surface area contributed by atoms with E-state index >= 15 is 0 Å². The summed E-state index contributed by atoms with van der Waals surface area (Å²) in [7, 11) is 0. The molecule has 1 saturated heterocycles. The van der Waals surface area contributed by atoms with Crippen LogP contribution in [-0.4, -0.2) is 12.6 Å². The first-order valence-electron chi connectivity index (χ1n) is 4.32. The second-order valence-electron chi connectivity index (χ2n) is 3.48. The first kappa shape index (κ1) is 6.41. The number of fused-ring (bicyclic) bond motifs is 2. The van der Waals surface area contributed by atoms with Crippen LogP contribution in [0, 0.1) is 11.8 Å². The average Bonchev–Trinajstić information content (AvgIpc) is 2.06. The topological polar surface area (TPSA) is 12.0 Å². The molecule has 3 unspecified atom stereocenters. The van der Waals surface area contributed by atoms with Gasteiger partial charge in [-0.3, -0.25) is 0 Å². The second-order valence-corrected chi connectivity index (χ2v) is 3.48. The summed E-state index contributed by atoms with van der Waals surface area (Å²) < 4.78 is 0. The lowest BCUT2D eigenvalue weighted by Crippen LogP contribution is -2.46. The zero-order valence-electron chi connectivity index (χ0n) is 6.51. The minimum atomic E-state index is 0.704. The third-order valence-corrected chi connectivity index (χ3v) is 2.84. The molecule has 0 aromatic heterocycles. The first-order valence-corrected chi connectivity index (χ1v) is 4.32. The van der Waals surface area contributed by atoms with Gasteiger partial charge in [-0.15, -0.1) is 0 Å². The van der Waals surface area contributed by atoms with Crippen LogP contribution in [0.3, 0.4) is 0 Å². The molecule has 2 heterocycles. The minimum Gasteiger partial charge on any atom is -0.310 e. The maximum Gasteiger partial charge on any atom is 0.0278 e. The fourth-order valence-corrected chi connectivity index (χ4v) is 2.14. The Hall–Kier alpha value is -0.300. The molecule has 0 amide bonds. The molecular formula is C9H15N. The molecule has 1 N–H and O–H groups in total. The van der Waals surface area contributed by atoms with Crippen LogP contribution in [0.1, 0.15) is 19.8 Å². The molecule has 3 rings (SSSR count). The summed E-state index contributed by atoms with van der Waals surface area (Å²) in [5.41, 5.74) is 0. The lowest BCUT2D eigenvalue weighted by Gasteiger charge is -2.38. The third-order valence-electron chi connectivity index (χ3n) is 2.84. The van der Waals surface area contributed by atoms with Crippen LogP contribution in [0.2, 0.25) is 0 Å². The number of piperidine rings is 1. The highest BCUT2D eigenvalue weighted by molar-refractivity contribution is 5.10. The van der Waals surface area contributed by atoms with Crippen LogP contribution in [0.5, 0.6) is 0 Å². The number of hydrogen-bond donors (Lipinski definition) is 1. The van der Waals surface area contributed by atoms with Crippen molar-refractivity contribution in [1.82, 2.24) is 5.32 Å². The van der Waals surface area contributed by atoms with Gasteiger partial charge in [0.05, 0.1) is 0 Å². The molecule has 0 spiro atoms. The molecule has 1 aliphatic carbocycles. The Morgan fingerprint density at radius 3 is 2.70 bits per heavy atom. The Morgan fingerprint density at radius 2 is 2.40 bits per heavy atom. The predicted molar refractivity (Wildman–Crippen MR) is 42.8 cm³/mol. The second kappa shape index (κ2) is 2.39. The van der Waals surface area contributed by atoms with E-state index in [9.17, 15) is 0 Å². The fraction of sp³-hybridized carbons (Fsp3) is 0.778. The van der Waals surface area contributed by atoms with Crippen molar-refractivity contribution < 1.29 is 0 Å². The maximum absolute atomic E-state index is 3.53. The number of nitrogens with one attached hydrogen (secondary N) is 1. The van der Waals surface area contributed by atoms with E-state index < -0.39 is 0 Å². The predicted octanol–water partition coefficient (Wildman–Crippen LogP) is 1.56. The van der Waals surface area contributed by atoms with Gasteiger partial charge >= 0.3 is 0 Å². The molecule has 2 bridgehead atoms. The van der Waals surface area contributed by atoms with Gasteiger partial charge in [-0.1, -0.05) is 25.5 Å². The van der Waals surface area contributed by atoms with E-state index in [-0.39, 0.29) is 0 Å². The number of hydrogen-bond acceptors (Lipinski definition) is 1. The van der Waals surface area contributed by atoms with Gasteiger partial charge in [0.1, 0.15) is 0 Å².